The highest BCUT2D eigenvalue weighted by atomic mass is 16.5. The lowest BCUT2D eigenvalue weighted by Crippen LogP contribution is -2.27. The van der Waals surface area contributed by atoms with Gasteiger partial charge in [-0.25, -0.2) is 0 Å². The molecule has 2 nitrogen and oxygen atoms in total. The largest absolute Gasteiger partial charge is 0.497 e. The second kappa shape index (κ2) is 4.01. The summed E-state index contributed by atoms with van der Waals surface area (Å²) in [5.74, 6) is 0.970. The monoisotopic (exact) mass is 191 g/mol. The normalized spacial score (nSPS) is 21.1. The number of ether oxygens (including phenoxy) is 1. The summed E-state index contributed by atoms with van der Waals surface area (Å²) in [5.41, 5.74) is 2.89. The summed E-state index contributed by atoms with van der Waals surface area (Å²) in [7, 11) is 1.72. The third-order valence-corrected chi connectivity index (χ3v) is 2.83. The Balaban J connectivity index is 2.32. The van der Waals surface area contributed by atoms with E-state index in [-0.39, 0.29) is 0 Å². The fourth-order valence-electron chi connectivity index (χ4n) is 2.02. The van der Waals surface area contributed by atoms with Gasteiger partial charge in [0.15, 0.2) is 0 Å². The number of fused-ring (bicyclic) bond motifs is 1. The van der Waals surface area contributed by atoms with Crippen LogP contribution in [0.15, 0.2) is 18.2 Å². The van der Waals surface area contributed by atoms with Crippen molar-refractivity contribution in [1.29, 1.82) is 0 Å². The molecule has 0 saturated carbocycles. The van der Waals surface area contributed by atoms with Crippen LogP contribution in [0.25, 0.3) is 0 Å². The van der Waals surface area contributed by atoms with Crippen molar-refractivity contribution in [1.82, 2.24) is 5.32 Å². The second-order valence-electron chi connectivity index (χ2n) is 3.94. The molecule has 1 unspecified atom stereocenters. The minimum Gasteiger partial charge on any atom is -0.497 e. The van der Waals surface area contributed by atoms with E-state index in [4.69, 9.17) is 4.74 Å². The van der Waals surface area contributed by atoms with Gasteiger partial charge in [-0.05, 0) is 49.6 Å². The van der Waals surface area contributed by atoms with Gasteiger partial charge < -0.3 is 10.1 Å². The van der Waals surface area contributed by atoms with E-state index in [1.807, 2.05) is 0 Å². The van der Waals surface area contributed by atoms with Crippen LogP contribution in [0.3, 0.4) is 0 Å². The zero-order chi connectivity index (χ0) is 9.97. The first-order valence-corrected chi connectivity index (χ1v) is 5.19. The van der Waals surface area contributed by atoms with Gasteiger partial charge in [0, 0.05) is 6.04 Å². The molecule has 2 rings (SSSR count). The van der Waals surface area contributed by atoms with Crippen molar-refractivity contribution in [3.05, 3.63) is 29.3 Å². The molecular weight excluding hydrogens is 174 g/mol. The second-order valence-corrected chi connectivity index (χ2v) is 3.94. The van der Waals surface area contributed by atoms with E-state index in [1.165, 1.54) is 11.1 Å². The van der Waals surface area contributed by atoms with E-state index in [0.717, 1.165) is 25.1 Å². The molecule has 1 heterocycles. The van der Waals surface area contributed by atoms with Crippen molar-refractivity contribution in [3.63, 3.8) is 0 Å². The first-order chi connectivity index (χ1) is 6.79. The zero-order valence-corrected chi connectivity index (χ0v) is 8.84. The van der Waals surface area contributed by atoms with Gasteiger partial charge in [0.05, 0.1) is 7.11 Å². The molecule has 1 aromatic rings. The number of methoxy groups -OCH3 is 1. The lowest BCUT2D eigenvalue weighted by atomic mass is 10.0. The molecule has 0 saturated heterocycles. The van der Waals surface area contributed by atoms with Crippen molar-refractivity contribution in [2.24, 2.45) is 0 Å². The van der Waals surface area contributed by atoms with Gasteiger partial charge in [-0.3, -0.25) is 0 Å². The fourth-order valence-corrected chi connectivity index (χ4v) is 2.02. The topological polar surface area (TPSA) is 21.3 Å². The molecule has 0 aliphatic carbocycles. The number of rotatable bonds is 1. The molecule has 2 heteroatoms. The van der Waals surface area contributed by atoms with Crippen LogP contribution in [0.2, 0.25) is 0 Å². The number of hydrogen-bond acceptors (Lipinski definition) is 2. The van der Waals surface area contributed by atoms with Gasteiger partial charge in [-0.1, -0.05) is 6.07 Å². The molecule has 0 radical (unpaired) electrons. The van der Waals surface area contributed by atoms with Crippen molar-refractivity contribution < 1.29 is 4.74 Å². The van der Waals surface area contributed by atoms with Crippen LogP contribution in [0.1, 0.15) is 18.1 Å². The molecule has 0 fully saturated rings. The van der Waals surface area contributed by atoms with Gasteiger partial charge in [0.25, 0.3) is 0 Å². The standard InChI is InChI=1S/C12H17NO/c1-9-7-11-8-12(14-2)4-3-10(11)5-6-13-9/h3-4,8-9,13H,5-7H2,1-2H3. The van der Waals surface area contributed by atoms with Crippen LogP contribution in [0.5, 0.6) is 5.75 Å². The van der Waals surface area contributed by atoms with E-state index >= 15 is 0 Å². The van der Waals surface area contributed by atoms with Gasteiger partial charge in [0.2, 0.25) is 0 Å². The van der Waals surface area contributed by atoms with Crippen molar-refractivity contribution >= 4 is 0 Å². The average Bonchev–Trinajstić information content (AvgIpc) is 2.37. The highest BCUT2D eigenvalue weighted by molar-refractivity contribution is 5.37. The van der Waals surface area contributed by atoms with Gasteiger partial charge in [0.1, 0.15) is 5.75 Å². The van der Waals surface area contributed by atoms with Gasteiger partial charge in [-0.2, -0.15) is 0 Å². The molecule has 0 spiro atoms. The van der Waals surface area contributed by atoms with Gasteiger partial charge >= 0.3 is 0 Å². The van der Waals surface area contributed by atoms with Crippen molar-refractivity contribution in [3.8, 4) is 5.75 Å². The molecule has 1 atom stereocenters. The van der Waals surface area contributed by atoms with E-state index in [9.17, 15) is 0 Å². The lowest BCUT2D eigenvalue weighted by molar-refractivity contribution is 0.414. The smallest absolute Gasteiger partial charge is 0.119 e. The Morgan fingerprint density at radius 2 is 2.21 bits per heavy atom. The third-order valence-electron chi connectivity index (χ3n) is 2.83. The van der Waals surface area contributed by atoms with Crippen molar-refractivity contribution in [2.45, 2.75) is 25.8 Å². The Morgan fingerprint density at radius 1 is 1.36 bits per heavy atom. The SMILES string of the molecule is COc1ccc2c(c1)CC(C)NCC2. The Labute approximate surface area is 85.3 Å². The highest BCUT2D eigenvalue weighted by Gasteiger charge is 2.12. The molecule has 1 aliphatic heterocycles. The number of hydrogen-bond donors (Lipinski definition) is 1. The predicted molar refractivity (Wildman–Crippen MR) is 57.9 cm³/mol. The molecule has 76 valence electrons. The molecule has 1 aromatic carbocycles. The third kappa shape index (κ3) is 1.90. The number of benzene rings is 1. The molecule has 1 aliphatic rings. The molecule has 1 N–H and O–H groups in total. The van der Waals surface area contributed by atoms with Crippen molar-refractivity contribution in [2.75, 3.05) is 13.7 Å². The molecule has 0 aromatic heterocycles. The summed E-state index contributed by atoms with van der Waals surface area (Å²) < 4.78 is 5.24. The Hall–Kier alpha value is -1.02. The number of nitrogens with one attached hydrogen (secondary N) is 1. The van der Waals surface area contributed by atoms with Crippen LogP contribution >= 0.6 is 0 Å². The summed E-state index contributed by atoms with van der Waals surface area (Å²) in [5, 5.41) is 3.49. The van der Waals surface area contributed by atoms with Crippen LogP contribution in [-0.2, 0) is 12.8 Å². The zero-order valence-electron chi connectivity index (χ0n) is 8.84. The van der Waals surface area contributed by atoms with Crippen LogP contribution in [0.4, 0.5) is 0 Å². The maximum Gasteiger partial charge on any atom is 0.119 e. The average molecular weight is 191 g/mol. The molecular formula is C12H17NO. The first kappa shape index (κ1) is 9.53. The minimum atomic E-state index is 0.573. The molecule has 0 amide bonds. The maximum atomic E-state index is 5.24. The summed E-state index contributed by atoms with van der Waals surface area (Å²) in [6.07, 6.45) is 2.23. The summed E-state index contributed by atoms with van der Waals surface area (Å²) >= 11 is 0. The van der Waals surface area contributed by atoms with Crippen LogP contribution in [0, 0.1) is 0 Å². The fraction of sp³-hybridized carbons (Fsp3) is 0.500. The Kier molecular flexibility index (Phi) is 2.73. The Morgan fingerprint density at radius 3 is 3.00 bits per heavy atom. The van der Waals surface area contributed by atoms with Gasteiger partial charge in [-0.15, -0.1) is 0 Å². The Bertz CT molecular complexity index is 322. The van der Waals surface area contributed by atoms with E-state index in [0.29, 0.717) is 6.04 Å². The van der Waals surface area contributed by atoms with Crippen LogP contribution < -0.4 is 10.1 Å². The van der Waals surface area contributed by atoms with E-state index in [1.54, 1.807) is 7.11 Å². The summed E-state index contributed by atoms with van der Waals surface area (Å²) in [6, 6.07) is 6.98. The van der Waals surface area contributed by atoms with E-state index < -0.39 is 0 Å². The quantitative estimate of drug-likeness (QED) is 0.730. The summed E-state index contributed by atoms with van der Waals surface area (Å²) in [4.78, 5) is 0. The highest BCUT2D eigenvalue weighted by Crippen LogP contribution is 2.21. The molecule has 14 heavy (non-hydrogen) atoms. The lowest BCUT2D eigenvalue weighted by Gasteiger charge is -2.10. The first-order valence-electron chi connectivity index (χ1n) is 5.19. The maximum absolute atomic E-state index is 5.24. The van der Waals surface area contributed by atoms with Crippen LogP contribution in [-0.4, -0.2) is 19.7 Å². The predicted octanol–water partition coefficient (Wildman–Crippen LogP) is 1.77. The molecule has 0 bridgehead atoms. The summed E-state index contributed by atoms with van der Waals surface area (Å²) in [6.45, 7) is 3.31. The van der Waals surface area contributed by atoms with E-state index in [2.05, 4.69) is 30.4 Å². The minimum absolute atomic E-state index is 0.573.